The van der Waals surface area contributed by atoms with E-state index < -0.39 is 0 Å². The Morgan fingerprint density at radius 3 is 2.85 bits per heavy atom. The quantitative estimate of drug-likeness (QED) is 0.808. The molecule has 1 aromatic rings. The van der Waals surface area contributed by atoms with E-state index in [4.69, 9.17) is 4.74 Å². The summed E-state index contributed by atoms with van der Waals surface area (Å²) in [6.07, 6.45) is 7.23. The molecule has 1 aliphatic rings. The summed E-state index contributed by atoms with van der Waals surface area (Å²) in [5, 5.41) is 12.9. The van der Waals surface area contributed by atoms with Crippen LogP contribution in [0.4, 0.5) is 5.82 Å². The number of aromatic nitrogens is 1. The highest BCUT2D eigenvalue weighted by atomic mass is 16.5. The Morgan fingerprint density at radius 2 is 2.20 bits per heavy atom. The number of carbonyl (C=O) groups excluding carboxylic acids is 1. The van der Waals surface area contributed by atoms with Gasteiger partial charge in [0.05, 0.1) is 19.3 Å². The van der Waals surface area contributed by atoms with E-state index in [1.807, 2.05) is 0 Å². The van der Waals surface area contributed by atoms with Crippen LogP contribution in [0.1, 0.15) is 42.5 Å². The number of methoxy groups -OCH3 is 1. The fourth-order valence-corrected chi connectivity index (χ4v) is 2.74. The molecule has 110 valence electrons. The molecule has 0 aromatic carbocycles. The van der Waals surface area contributed by atoms with Crippen LogP contribution in [0.25, 0.3) is 0 Å². The highest BCUT2D eigenvalue weighted by Gasteiger charge is 2.31. The van der Waals surface area contributed by atoms with Gasteiger partial charge in [-0.1, -0.05) is 19.3 Å². The molecule has 5 nitrogen and oxygen atoms in total. The molecule has 0 aliphatic heterocycles. The van der Waals surface area contributed by atoms with Crippen LogP contribution in [0, 0.1) is 5.41 Å². The molecule has 0 amide bonds. The first-order valence-electron chi connectivity index (χ1n) is 7.08. The predicted molar refractivity (Wildman–Crippen MR) is 76.7 cm³/mol. The zero-order valence-corrected chi connectivity index (χ0v) is 11.9. The monoisotopic (exact) mass is 278 g/mol. The van der Waals surface area contributed by atoms with Crippen LogP contribution in [0.15, 0.2) is 18.3 Å². The van der Waals surface area contributed by atoms with E-state index in [9.17, 15) is 9.90 Å². The molecule has 20 heavy (non-hydrogen) atoms. The van der Waals surface area contributed by atoms with E-state index in [1.54, 1.807) is 18.3 Å². The molecular weight excluding hydrogens is 256 g/mol. The van der Waals surface area contributed by atoms with E-state index in [0.717, 1.165) is 25.7 Å². The minimum absolute atomic E-state index is 0.0544. The van der Waals surface area contributed by atoms with Gasteiger partial charge in [0.1, 0.15) is 5.82 Å². The second-order valence-corrected chi connectivity index (χ2v) is 5.49. The van der Waals surface area contributed by atoms with Gasteiger partial charge in [-0.3, -0.25) is 0 Å². The Labute approximate surface area is 119 Å². The first-order chi connectivity index (χ1) is 9.69. The average Bonchev–Trinajstić information content (AvgIpc) is 2.53. The zero-order chi connectivity index (χ0) is 14.4. The van der Waals surface area contributed by atoms with Crippen LogP contribution >= 0.6 is 0 Å². The van der Waals surface area contributed by atoms with Crippen molar-refractivity contribution in [2.45, 2.75) is 32.1 Å². The second kappa shape index (κ2) is 6.70. The average molecular weight is 278 g/mol. The lowest BCUT2D eigenvalue weighted by atomic mass is 9.74. The molecule has 0 atom stereocenters. The van der Waals surface area contributed by atoms with Gasteiger partial charge in [-0.25, -0.2) is 9.78 Å². The molecule has 0 bridgehead atoms. The summed E-state index contributed by atoms with van der Waals surface area (Å²) in [6.45, 7) is 0.873. The van der Waals surface area contributed by atoms with Crippen molar-refractivity contribution in [1.82, 2.24) is 4.98 Å². The molecule has 2 N–H and O–H groups in total. The minimum Gasteiger partial charge on any atom is -0.465 e. The maximum Gasteiger partial charge on any atom is 0.338 e. The van der Waals surface area contributed by atoms with E-state index in [0.29, 0.717) is 17.9 Å². The van der Waals surface area contributed by atoms with Gasteiger partial charge in [0.2, 0.25) is 0 Å². The molecule has 1 aliphatic carbocycles. The van der Waals surface area contributed by atoms with Gasteiger partial charge in [-0.2, -0.15) is 0 Å². The van der Waals surface area contributed by atoms with Crippen LogP contribution in [0.5, 0.6) is 0 Å². The zero-order valence-electron chi connectivity index (χ0n) is 11.9. The van der Waals surface area contributed by atoms with Crippen molar-refractivity contribution in [2.24, 2.45) is 5.41 Å². The predicted octanol–water partition coefficient (Wildman–Crippen LogP) is 2.22. The molecule has 1 fully saturated rings. The number of carbonyl (C=O) groups is 1. The van der Waals surface area contributed by atoms with Crippen molar-refractivity contribution in [3.05, 3.63) is 23.9 Å². The standard InChI is InChI=1S/C15H22N2O3/c1-20-14(19)12-5-8-16-13(9-12)17-10-15(11-18)6-3-2-4-7-15/h5,8-9,18H,2-4,6-7,10-11H2,1H3,(H,16,17). The summed E-state index contributed by atoms with van der Waals surface area (Å²) in [7, 11) is 1.36. The molecule has 0 saturated heterocycles. The largest absolute Gasteiger partial charge is 0.465 e. The topological polar surface area (TPSA) is 71.5 Å². The van der Waals surface area contributed by atoms with E-state index in [2.05, 4.69) is 10.3 Å². The smallest absolute Gasteiger partial charge is 0.338 e. The lowest BCUT2D eigenvalue weighted by Crippen LogP contribution is -2.35. The Hall–Kier alpha value is -1.62. The lowest BCUT2D eigenvalue weighted by molar-refractivity contribution is 0.0600. The normalized spacial score (nSPS) is 17.5. The van der Waals surface area contributed by atoms with Crippen molar-refractivity contribution in [3.63, 3.8) is 0 Å². The molecule has 2 rings (SSSR count). The van der Waals surface area contributed by atoms with Crippen LogP contribution in [-0.4, -0.2) is 36.3 Å². The number of aliphatic hydroxyl groups is 1. The highest BCUT2D eigenvalue weighted by molar-refractivity contribution is 5.89. The SMILES string of the molecule is COC(=O)c1ccnc(NCC2(CO)CCCCC2)c1. The third-order valence-corrected chi connectivity index (χ3v) is 4.08. The number of nitrogens with zero attached hydrogens (tertiary/aromatic N) is 1. The van der Waals surface area contributed by atoms with Crippen LogP contribution in [-0.2, 0) is 4.74 Å². The third kappa shape index (κ3) is 3.48. The third-order valence-electron chi connectivity index (χ3n) is 4.08. The maximum absolute atomic E-state index is 11.5. The molecular formula is C15H22N2O3. The van der Waals surface area contributed by atoms with Gasteiger partial charge in [0.15, 0.2) is 0 Å². The van der Waals surface area contributed by atoms with Crippen LogP contribution in [0.3, 0.4) is 0 Å². The minimum atomic E-state index is -0.370. The fourth-order valence-electron chi connectivity index (χ4n) is 2.74. The number of ether oxygens (including phenoxy) is 1. The van der Waals surface area contributed by atoms with Crippen LogP contribution < -0.4 is 5.32 Å². The van der Waals surface area contributed by atoms with E-state index in [1.165, 1.54) is 13.5 Å². The number of nitrogens with one attached hydrogen (secondary N) is 1. The molecule has 1 saturated carbocycles. The molecule has 0 spiro atoms. The Bertz CT molecular complexity index is 456. The summed E-state index contributed by atoms with van der Waals surface area (Å²) < 4.78 is 4.69. The van der Waals surface area contributed by atoms with Gasteiger partial charge >= 0.3 is 5.97 Å². The van der Waals surface area contributed by atoms with Gasteiger partial charge in [-0.05, 0) is 25.0 Å². The Kier molecular flexibility index (Phi) is 4.95. The number of hydrogen-bond donors (Lipinski definition) is 2. The number of pyridine rings is 1. The summed E-state index contributed by atoms with van der Waals surface area (Å²) >= 11 is 0. The highest BCUT2D eigenvalue weighted by Crippen LogP contribution is 2.35. The fraction of sp³-hybridized carbons (Fsp3) is 0.600. The number of aliphatic hydroxyl groups excluding tert-OH is 1. The molecule has 1 aromatic heterocycles. The molecule has 0 radical (unpaired) electrons. The van der Waals surface area contributed by atoms with Gasteiger partial charge in [-0.15, -0.1) is 0 Å². The van der Waals surface area contributed by atoms with Crippen molar-refractivity contribution in [1.29, 1.82) is 0 Å². The molecule has 1 heterocycles. The Balaban J connectivity index is 2.01. The number of esters is 1. The van der Waals surface area contributed by atoms with Crippen molar-refractivity contribution in [3.8, 4) is 0 Å². The van der Waals surface area contributed by atoms with Gasteiger partial charge in [0.25, 0.3) is 0 Å². The molecule has 0 unspecified atom stereocenters. The summed E-state index contributed by atoms with van der Waals surface area (Å²) in [5.41, 5.74) is 0.424. The summed E-state index contributed by atoms with van der Waals surface area (Å²) in [5.74, 6) is 0.274. The number of anilines is 1. The molecule has 5 heteroatoms. The van der Waals surface area contributed by atoms with E-state index in [-0.39, 0.29) is 18.0 Å². The van der Waals surface area contributed by atoms with Crippen LogP contribution in [0.2, 0.25) is 0 Å². The second-order valence-electron chi connectivity index (χ2n) is 5.49. The first-order valence-corrected chi connectivity index (χ1v) is 7.08. The van der Waals surface area contributed by atoms with Crippen molar-refractivity contribution in [2.75, 3.05) is 25.6 Å². The van der Waals surface area contributed by atoms with Crippen molar-refractivity contribution < 1.29 is 14.6 Å². The summed E-state index contributed by atoms with van der Waals surface area (Å²) in [4.78, 5) is 15.7. The van der Waals surface area contributed by atoms with Gasteiger partial charge < -0.3 is 15.2 Å². The lowest BCUT2D eigenvalue weighted by Gasteiger charge is -2.35. The first kappa shape index (κ1) is 14.8. The number of hydrogen-bond acceptors (Lipinski definition) is 5. The number of rotatable bonds is 5. The van der Waals surface area contributed by atoms with Crippen molar-refractivity contribution >= 4 is 11.8 Å². The van der Waals surface area contributed by atoms with Gasteiger partial charge in [0, 0.05) is 18.2 Å². The van der Waals surface area contributed by atoms with E-state index >= 15 is 0 Å². The maximum atomic E-state index is 11.5. The Morgan fingerprint density at radius 1 is 1.45 bits per heavy atom. The summed E-state index contributed by atoms with van der Waals surface area (Å²) in [6, 6.07) is 3.30.